The Kier molecular flexibility index (Phi) is 5.29. The summed E-state index contributed by atoms with van der Waals surface area (Å²) < 4.78 is 16.6. The predicted octanol–water partition coefficient (Wildman–Crippen LogP) is 3.72. The van der Waals surface area contributed by atoms with E-state index in [1.54, 1.807) is 42.5 Å². The van der Waals surface area contributed by atoms with Gasteiger partial charge in [0.2, 0.25) is 5.95 Å². The highest BCUT2D eigenvalue weighted by Gasteiger charge is 2.18. The minimum atomic E-state index is -0.369. The summed E-state index contributed by atoms with van der Waals surface area (Å²) in [6, 6.07) is 14.9. The molecule has 2 N–H and O–H groups in total. The van der Waals surface area contributed by atoms with Crippen LogP contribution in [0.2, 0.25) is 0 Å². The maximum absolute atomic E-state index is 13.3. The number of hydrogen-bond donors (Lipinski definition) is 2. The standard InChI is InChI=1S/C23H22FN5O2/c1-4-28-22(31)18-7-5-6-8-20(18)25-23(28)27-26-21(30)19-13-14(2)29(15(19)3)17-11-9-16(24)10-12-17/h5-13H,4H2,1-3H3,(H,25,27)(H,26,30). The minimum absolute atomic E-state index is 0.181. The first-order valence-electron chi connectivity index (χ1n) is 9.91. The van der Waals surface area contributed by atoms with Gasteiger partial charge in [-0.25, -0.2) is 9.37 Å². The van der Waals surface area contributed by atoms with Crippen LogP contribution in [0.15, 0.2) is 59.4 Å². The predicted molar refractivity (Wildman–Crippen MR) is 118 cm³/mol. The number of amides is 1. The highest BCUT2D eigenvalue weighted by Crippen LogP contribution is 2.21. The Morgan fingerprint density at radius 2 is 1.81 bits per heavy atom. The SMILES string of the molecule is CCn1c(NNC(=O)c2cc(C)n(-c3ccc(F)cc3)c2C)nc2ccccc2c1=O. The van der Waals surface area contributed by atoms with Gasteiger partial charge in [0, 0.05) is 23.6 Å². The highest BCUT2D eigenvalue weighted by atomic mass is 19.1. The van der Waals surface area contributed by atoms with Crippen LogP contribution in [0, 0.1) is 19.7 Å². The number of rotatable bonds is 5. The van der Waals surface area contributed by atoms with Crippen molar-refractivity contribution in [3.63, 3.8) is 0 Å². The lowest BCUT2D eigenvalue weighted by Crippen LogP contribution is -2.34. The van der Waals surface area contributed by atoms with E-state index in [1.807, 2.05) is 25.3 Å². The molecule has 2 aromatic carbocycles. The molecular formula is C23H22FN5O2. The van der Waals surface area contributed by atoms with Gasteiger partial charge in [0.15, 0.2) is 0 Å². The maximum atomic E-state index is 13.3. The summed E-state index contributed by atoms with van der Waals surface area (Å²) in [4.78, 5) is 30.1. The third-order valence-corrected chi connectivity index (χ3v) is 5.23. The van der Waals surface area contributed by atoms with Crippen molar-refractivity contribution in [3.05, 3.63) is 87.7 Å². The molecule has 0 spiro atoms. The summed E-state index contributed by atoms with van der Waals surface area (Å²) in [7, 11) is 0. The molecule has 0 aliphatic heterocycles. The van der Waals surface area contributed by atoms with Crippen LogP contribution in [-0.4, -0.2) is 20.0 Å². The normalized spacial score (nSPS) is 11.0. The second-order valence-corrected chi connectivity index (χ2v) is 7.18. The molecule has 0 aliphatic carbocycles. The second kappa shape index (κ2) is 8.06. The molecule has 8 heteroatoms. The van der Waals surface area contributed by atoms with E-state index in [0.717, 1.165) is 11.4 Å². The number of fused-ring (bicyclic) bond motifs is 1. The number of carbonyl (C=O) groups excluding carboxylic acids is 1. The summed E-state index contributed by atoms with van der Waals surface area (Å²) >= 11 is 0. The van der Waals surface area contributed by atoms with Crippen LogP contribution in [0.4, 0.5) is 10.3 Å². The quantitative estimate of drug-likeness (QED) is 0.483. The fraction of sp³-hybridized carbons (Fsp3) is 0.174. The zero-order chi connectivity index (χ0) is 22.1. The molecule has 31 heavy (non-hydrogen) atoms. The Balaban J connectivity index is 1.62. The number of hydrogen-bond acceptors (Lipinski definition) is 4. The molecule has 158 valence electrons. The van der Waals surface area contributed by atoms with Gasteiger partial charge in [-0.15, -0.1) is 0 Å². The van der Waals surface area contributed by atoms with Crippen molar-refractivity contribution in [2.24, 2.45) is 0 Å². The van der Waals surface area contributed by atoms with Gasteiger partial charge < -0.3 is 4.57 Å². The van der Waals surface area contributed by atoms with Crippen molar-refractivity contribution >= 4 is 22.8 Å². The van der Waals surface area contributed by atoms with Gasteiger partial charge in [-0.2, -0.15) is 0 Å². The molecule has 7 nitrogen and oxygen atoms in total. The van der Waals surface area contributed by atoms with Crippen LogP contribution < -0.4 is 16.4 Å². The van der Waals surface area contributed by atoms with Gasteiger partial charge in [0.25, 0.3) is 11.5 Å². The fourth-order valence-electron chi connectivity index (χ4n) is 3.72. The minimum Gasteiger partial charge on any atom is -0.318 e. The van der Waals surface area contributed by atoms with Crippen molar-refractivity contribution < 1.29 is 9.18 Å². The summed E-state index contributed by atoms with van der Waals surface area (Å²) in [5.41, 5.74) is 8.56. The summed E-state index contributed by atoms with van der Waals surface area (Å²) in [5, 5.41) is 0.518. The van der Waals surface area contributed by atoms with Crippen LogP contribution in [-0.2, 0) is 6.54 Å². The van der Waals surface area contributed by atoms with Crippen molar-refractivity contribution in [1.82, 2.24) is 19.5 Å². The monoisotopic (exact) mass is 419 g/mol. The molecule has 2 aromatic heterocycles. The van der Waals surface area contributed by atoms with E-state index in [4.69, 9.17) is 0 Å². The maximum Gasteiger partial charge on any atom is 0.271 e. The molecule has 0 bridgehead atoms. The number of aryl methyl sites for hydroxylation is 1. The Labute approximate surface area is 178 Å². The van der Waals surface area contributed by atoms with E-state index < -0.39 is 0 Å². The van der Waals surface area contributed by atoms with Crippen molar-refractivity contribution in [2.75, 3.05) is 5.43 Å². The van der Waals surface area contributed by atoms with Gasteiger partial charge >= 0.3 is 0 Å². The lowest BCUT2D eigenvalue weighted by Gasteiger charge is -2.14. The largest absolute Gasteiger partial charge is 0.318 e. The smallest absolute Gasteiger partial charge is 0.271 e. The van der Waals surface area contributed by atoms with E-state index in [0.29, 0.717) is 28.7 Å². The summed E-state index contributed by atoms with van der Waals surface area (Å²) in [6.45, 7) is 5.93. The molecule has 2 heterocycles. The lowest BCUT2D eigenvalue weighted by atomic mass is 10.2. The van der Waals surface area contributed by atoms with Crippen molar-refractivity contribution in [3.8, 4) is 5.69 Å². The first-order chi connectivity index (χ1) is 14.9. The van der Waals surface area contributed by atoms with Gasteiger partial charge in [0.05, 0.1) is 16.5 Å². The molecule has 4 aromatic rings. The van der Waals surface area contributed by atoms with E-state index in [1.165, 1.54) is 16.7 Å². The first-order valence-corrected chi connectivity index (χ1v) is 9.91. The lowest BCUT2D eigenvalue weighted by molar-refractivity contribution is 0.0961. The van der Waals surface area contributed by atoms with E-state index >= 15 is 0 Å². The molecule has 0 unspecified atom stereocenters. The number of hydrazine groups is 1. The Hall–Kier alpha value is -3.94. The molecule has 0 saturated heterocycles. The van der Waals surface area contributed by atoms with Crippen molar-refractivity contribution in [2.45, 2.75) is 27.3 Å². The third kappa shape index (κ3) is 3.68. The van der Waals surface area contributed by atoms with Crippen LogP contribution in [0.25, 0.3) is 16.6 Å². The Morgan fingerprint density at radius 3 is 2.52 bits per heavy atom. The summed E-state index contributed by atoms with van der Waals surface area (Å²) in [6.07, 6.45) is 0. The third-order valence-electron chi connectivity index (χ3n) is 5.23. The number of benzene rings is 2. The zero-order valence-corrected chi connectivity index (χ0v) is 17.4. The fourth-order valence-corrected chi connectivity index (χ4v) is 3.72. The number of carbonyl (C=O) groups is 1. The number of para-hydroxylation sites is 1. The molecule has 0 saturated carbocycles. The van der Waals surface area contributed by atoms with Crippen LogP contribution in [0.1, 0.15) is 28.7 Å². The number of aromatic nitrogens is 3. The molecule has 0 aliphatic rings. The average molecular weight is 419 g/mol. The molecule has 0 radical (unpaired) electrons. The summed E-state index contributed by atoms with van der Waals surface area (Å²) in [5.74, 6) is -0.434. The molecule has 1 amide bonds. The van der Waals surface area contributed by atoms with Gasteiger partial charge in [-0.05, 0) is 63.2 Å². The van der Waals surface area contributed by atoms with Crippen LogP contribution >= 0.6 is 0 Å². The van der Waals surface area contributed by atoms with E-state index in [9.17, 15) is 14.0 Å². The van der Waals surface area contributed by atoms with Gasteiger partial charge in [-0.1, -0.05) is 12.1 Å². The average Bonchev–Trinajstić information content (AvgIpc) is 3.07. The molecule has 0 fully saturated rings. The number of anilines is 1. The van der Waals surface area contributed by atoms with Crippen LogP contribution in [0.5, 0.6) is 0 Å². The second-order valence-electron chi connectivity index (χ2n) is 7.18. The topological polar surface area (TPSA) is 81.0 Å². The van der Waals surface area contributed by atoms with Gasteiger partial charge in [0.1, 0.15) is 5.82 Å². The Morgan fingerprint density at radius 1 is 1.10 bits per heavy atom. The van der Waals surface area contributed by atoms with Gasteiger partial charge in [-0.3, -0.25) is 25.0 Å². The first kappa shape index (κ1) is 20.3. The van der Waals surface area contributed by atoms with E-state index in [2.05, 4.69) is 15.8 Å². The van der Waals surface area contributed by atoms with Crippen LogP contribution in [0.3, 0.4) is 0 Å². The number of nitrogens with zero attached hydrogens (tertiary/aromatic N) is 3. The Bertz CT molecular complexity index is 1340. The van der Waals surface area contributed by atoms with Crippen molar-refractivity contribution in [1.29, 1.82) is 0 Å². The number of halogens is 1. The molecule has 4 rings (SSSR count). The molecule has 0 atom stereocenters. The zero-order valence-electron chi connectivity index (χ0n) is 17.4. The van der Waals surface area contributed by atoms with E-state index in [-0.39, 0.29) is 23.2 Å². The number of nitrogens with one attached hydrogen (secondary N) is 2. The highest BCUT2D eigenvalue weighted by molar-refractivity contribution is 5.96. The molecular weight excluding hydrogens is 397 g/mol.